The van der Waals surface area contributed by atoms with Crippen molar-refractivity contribution >= 4 is 0 Å². The minimum atomic E-state index is -0.146. The second kappa shape index (κ2) is 5.58. The summed E-state index contributed by atoms with van der Waals surface area (Å²) in [6.07, 6.45) is 1.89. The fraction of sp³-hybridized carbons (Fsp3) is 1.00. The summed E-state index contributed by atoms with van der Waals surface area (Å²) >= 11 is 0. The molecule has 78 valence electrons. The summed E-state index contributed by atoms with van der Waals surface area (Å²) in [6, 6.07) is 0.668. The summed E-state index contributed by atoms with van der Waals surface area (Å²) < 4.78 is 0. The molecule has 0 aromatic heterocycles. The molecular formula is C10H22N2O. The highest BCUT2D eigenvalue weighted by Gasteiger charge is 2.24. The van der Waals surface area contributed by atoms with E-state index in [0.717, 1.165) is 32.6 Å². The molecule has 0 aromatic rings. The van der Waals surface area contributed by atoms with Crippen LogP contribution in [-0.4, -0.2) is 48.3 Å². The van der Waals surface area contributed by atoms with Gasteiger partial charge in [0.05, 0.1) is 6.10 Å². The van der Waals surface area contributed by atoms with Gasteiger partial charge >= 0.3 is 0 Å². The van der Waals surface area contributed by atoms with Gasteiger partial charge in [0.15, 0.2) is 0 Å². The van der Waals surface area contributed by atoms with Crippen LogP contribution in [0.3, 0.4) is 0 Å². The van der Waals surface area contributed by atoms with Crippen LogP contribution in [0.25, 0.3) is 0 Å². The number of nitrogens with one attached hydrogen (secondary N) is 1. The highest BCUT2D eigenvalue weighted by Crippen LogP contribution is 2.07. The maximum atomic E-state index is 9.56. The molecule has 2 N–H and O–H groups in total. The topological polar surface area (TPSA) is 35.5 Å². The summed E-state index contributed by atoms with van der Waals surface area (Å²) in [4.78, 5) is 2.41. The van der Waals surface area contributed by atoms with E-state index in [4.69, 9.17) is 0 Å². The molecule has 0 spiro atoms. The molecule has 1 aliphatic heterocycles. The van der Waals surface area contributed by atoms with E-state index in [1.165, 1.54) is 6.42 Å². The van der Waals surface area contributed by atoms with Crippen LogP contribution in [-0.2, 0) is 0 Å². The second-order valence-corrected chi connectivity index (χ2v) is 3.87. The van der Waals surface area contributed by atoms with Gasteiger partial charge in [0, 0.05) is 25.7 Å². The van der Waals surface area contributed by atoms with E-state index in [2.05, 4.69) is 17.1 Å². The number of hydrogen-bond acceptors (Lipinski definition) is 3. The van der Waals surface area contributed by atoms with Gasteiger partial charge in [-0.05, 0) is 19.4 Å². The Kier molecular flexibility index (Phi) is 4.70. The Bertz CT molecular complexity index is 137. The third kappa shape index (κ3) is 3.25. The lowest BCUT2D eigenvalue weighted by molar-refractivity contribution is 0.0661. The van der Waals surface area contributed by atoms with Crippen molar-refractivity contribution in [3.05, 3.63) is 0 Å². The minimum Gasteiger partial charge on any atom is -0.392 e. The molecule has 0 amide bonds. The van der Waals surface area contributed by atoms with Crippen LogP contribution in [0.2, 0.25) is 0 Å². The van der Waals surface area contributed by atoms with Crippen LogP contribution in [0.4, 0.5) is 0 Å². The largest absolute Gasteiger partial charge is 0.392 e. The van der Waals surface area contributed by atoms with E-state index in [-0.39, 0.29) is 6.10 Å². The van der Waals surface area contributed by atoms with E-state index >= 15 is 0 Å². The quantitative estimate of drug-likeness (QED) is 0.632. The summed E-state index contributed by atoms with van der Waals surface area (Å²) in [5.41, 5.74) is 0. The summed E-state index contributed by atoms with van der Waals surface area (Å²) in [5, 5.41) is 12.8. The number of hydrogen-bond donors (Lipinski definition) is 2. The molecule has 0 aliphatic carbocycles. The normalized spacial score (nSPS) is 20.3. The van der Waals surface area contributed by atoms with Crippen molar-refractivity contribution < 1.29 is 5.11 Å². The fourth-order valence-corrected chi connectivity index (χ4v) is 1.64. The van der Waals surface area contributed by atoms with Gasteiger partial charge in [-0.25, -0.2) is 0 Å². The molecule has 1 fully saturated rings. The maximum absolute atomic E-state index is 9.56. The molecule has 1 unspecified atom stereocenters. The predicted octanol–water partition coefficient (Wildman–Crippen LogP) is 0.441. The average Bonchev–Trinajstić information content (AvgIpc) is 2.01. The lowest BCUT2D eigenvalue weighted by atomic mass is 10.1. The predicted molar refractivity (Wildman–Crippen MR) is 54.8 cm³/mol. The van der Waals surface area contributed by atoms with Gasteiger partial charge in [-0.2, -0.15) is 0 Å². The van der Waals surface area contributed by atoms with E-state index in [9.17, 15) is 5.11 Å². The van der Waals surface area contributed by atoms with Gasteiger partial charge < -0.3 is 10.4 Å². The molecule has 0 saturated carbocycles. The van der Waals surface area contributed by atoms with Gasteiger partial charge in [-0.15, -0.1) is 0 Å². The summed E-state index contributed by atoms with van der Waals surface area (Å²) in [7, 11) is 0. The van der Waals surface area contributed by atoms with Crippen molar-refractivity contribution in [1.82, 2.24) is 10.2 Å². The molecule has 0 bridgehead atoms. The average molecular weight is 186 g/mol. The molecule has 1 saturated heterocycles. The first-order chi connectivity index (χ1) is 6.27. The Hall–Kier alpha value is -0.120. The Morgan fingerprint density at radius 1 is 1.46 bits per heavy atom. The number of aliphatic hydroxyl groups is 1. The smallest absolute Gasteiger partial charge is 0.0664 e. The molecular weight excluding hydrogens is 164 g/mol. The zero-order chi connectivity index (χ0) is 9.68. The third-order valence-electron chi connectivity index (χ3n) is 2.70. The van der Waals surface area contributed by atoms with Gasteiger partial charge in [0.1, 0.15) is 0 Å². The zero-order valence-corrected chi connectivity index (χ0v) is 8.79. The van der Waals surface area contributed by atoms with Crippen LogP contribution < -0.4 is 5.32 Å². The van der Waals surface area contributed by atoms with Gasteiger partial charge in [-0.3, -0.25) is 4.90 Å². The lowest BCUT2D eigenvalue weighted by Crippen LogP contribution is -2.58. The third-order valence-corrected chi connectivity index (χ3v) is 2.70. The number of nitrogens with zero attached hydrogens (tertiary/aromatic N) is 1. The number of rotatable bonds is 6. The first-order valence-corrected chi connectivity index (χ1v) is 5.40. The second-order valence-electron chi connectivity index (χ2n) is 3.87. The van der Waals surface area contributed by atoms with Gasteiger partial charge in [-0.1, -0.05) is 13.8 Å². The highest BCUT2D eigenvalue weighted by molar-refractivity contribution is 4.85. The molecule has 3 nitrogen and oxygen atoms in total. The van der Waals surface area contributed by atoms with Crippen LogP contribution in [0.15, 0.2) is 0 Å². The highest BCUT2D eigenvalue weighted by atomic mass is 16.3. The van der Waals surface area contributed by atoms with Crippen molar-refractivity contribution in [1.29, 1.82) is 0 Å². The first-order valence-electron chi connectivity index (χ1n) is 5.40. The molecule has 1 heterocycles. The van der Waals surface area contributed by atoms with E-state index in [1.807, 2.05) is 6.92 Å². The van der Waals surface area contributed by atoms with Crippen molar-refractivity contribution in [2.24, 2.45) is 0 Å². The first kappa shape index (κ1) is 11.0. The number of aliphatic hydroxyl groups excluding tert-OH is 1. The molecule has 0 aromatic carbocycles. The van der Waals surface area contributed by atoms with Crippen molar-refractivity contribution in [2.45, 2.75) is 38.8 Å². The minimum absolute atomic E-state index is 0.146. The summed E-state index contributed by atoms with van der Waals surface area (Å²) in [6.45, 7) is 8.37. The van der Waals surface area contributed by atoms with Crippen LogP contribution in [0.5, 0.6) is 0 Å². The Morgan fingerprint density at radius 3 is 2.54 bits per heavy atom. The van der Waals surface area contributed by atoms with Crippen molar-refractivity contribution in [2.75, 3.05) is 26.2 Å². The zero-order valence-electron chi connectivity index (χ0n) is 8.79. The molecule has 3 heteroatoms. The Labute approximate surface area is 81.1 Å². The molecule has 0 radical (unpaired) electrons. The molecule has 13 heavy (non-hydrogen) atoms. The standard InChI is InChI=1S/C10H22N2O/c1-3-5-12(8-10(13)4-2)9-6-11-7-9/h9-11,13H,3-8H2,1-2H3. The van der Waals surface area contributed by atoms with Gasteiger partial charge in [0.2, 0.25) is 0 Å². The maximum Gasteiger partial charge on any atom is 0.0664 e. The molecule has 1 rings (SSSR count). The Balaban J connectivity index is 2.28. The van der Waals surface area contributed by atoms with Crippen molar-refractivity contribution in [3.63, 3.8) is 0 Å². The van der Waals surface area contributed by atoms with E-state index in [1.54, 1.807) is 0 Å². The van der Waals surface area contributed by atoms with E-state index in [0.29, 0.717) is 6.04 Å². The SMILES string of the molecule is CCCN(CC(O)CC)C1CNC1. The van der Waals surface area contributed by atoms with Crippen LogP contribution >= 0.6 is 0 Å². The fourth-order valence-electron chi connectivity index (χ4n) is 1.64. The molecule has 1 atom stereocenters. The van der Waals surface area contributed by atoms with Crippen molar-refractivity contribution in [3.8, 4) is 0 Å². The monoisotopic (exact) mass is 186 g/mol. The van der Waals surface area contributed by atoms with Gasteiger partial charge in [0.25, 0.3) is 0 Å². The molecule has 1 aliphatic rings. The van der Waals surface area contributed by atoms with Crippen LogP contribution in [0, 0.1) is 0 Å². The summed E-state index contributed by atoms with van der Waals surface area (Å²) in [5.74, 6) is 0. The Morgan fingerprint density at radius 2 is 2.15 bits per heavy atom. The van der Waals surface area contributed by atoms with E-state index < -0.39 is 0 Å². The van der Waals surface area contributed by atoms with Crippen LogP contribution in [0.1, 0.15) is 26.7 Å². The lowest BCUT2D eigenvalue weighted by Gasteiger charge is -2.39.